The van der Waals surface area contributed by atoms with Crippen molar-refractivity contribution in [2.75, 3.05) is 11.4 Å². The van der Waals surface area contributed by atoms with Crippen molar-refractivity contribution < 1.29 is 8.83 Å². The van der Waals surface area contributed by atoms with E-state index in [1.807, 2.05) is 6.26 Å². The number of allylic oxidation sites excluding steroid dienone is 7. The van der Waals surface area contributed by atoms with Gasteiger partial charge in [-0.25, -0.2) is 0 Å². The van der Waals surface area contributed by atoms with Gasteiger partial charge in [0.25, 0.3) is 0 Å². The molecule has 2 heterocycles. The molecule has 3 aliphatic carbocycles. The summed E-state index contributed by atoms with van der Waals surface area (Å²) in [5.74, 6) is 2.66. The number of benzene rings is 3. The van der Waals surface area contributed by atoms with Crippen molar-refractivity contribution in [3.63, 3.8) is 0 Å². The summed E-state index contributed by atoms with van der Waals surface area (Å²) in [7, 11) is 2.27. The zero-order chi connectivity index (χ0) is 48.5. The summed E-state index contributed by atoms with van der Waals surface area (Å²) in [6.45, 7) is 42.5. The fraction of sp³-hybridized carbons (Fsp3) is 0.452. The second kappa shape index (κ2) is 17.4. The predicted molar refractivity (Wildman–Crippen MR) is 290 cm³/mol. The molecule has 5 aromatic rings. The Balaban J connectivity index is 1.29. The van der Waals surface area contributed by atoms with Crippen molar-refractivity contribution in [2.24, 2.45) is 22.2 Å². The molecule has 2 aromatic heterocycles. The van der Waals surface area contributed by atoms with Crippen molar-refractivity contribution in [3.05, 3.63) is 155 Å². The Labute approximate surface area is 404 Å². The average Bonchev–Trinajstić information content (AvgIpc) is 3.85. The zero-order valence-corrected chi connectivity index (χ0v) is 43.5. The topological polar surface area (TPSA) is 41.5 Å². The van der Waals surface area contributed by atoms with Gasteiger partial charge in [0.1, 0.15) is 16.7 Å². The highest BCUT2D eigenvalue weighted by Crippen LogP contribution is 2.51. The van der Waals surface area contributed by atoms with Crippen molar-refractivity contribution in [2.45, 2.75) is 152 Å². The van der Waals surface area contributed by atoms with E-state index in [0.717, 1.165) is 88.3 Å². The maximum Gasteiger partial charge on any atom is 0.189 e. The number of hydrogen-bond donors (Lipinski definition) is 1. The third-order valence-electron chi connectivity index (χ3n) is 16.2. The molecule has 3 aliphatic rings. The molecule has 5 heteroatoms. The molecule has 3 aromatic carbocycles. The van der Waals surface area contributed by atoms with Gasteiger partial charge < -0.3 is 19.1 Å². The summed E-state index contributed by atoms with van der Waals surface area (Å²) < 4.78 is 13.3. The van der Waals surface area contributed by atoms with E-state index < -0.39 is 0 Å². The van der Waals surface area contributed by atoms with Gasteiger partial charge in [0.2, 0.25) is 0 Å². The van der Waals surface area contributed by atoms with Gasteiger partial charge in [0.05, 0.1) is 17.3 Å². The molecule has 8 rings (SSSR count). The summed E-state index contributed by atoms with van der Waals surface area (Å²) >= 11 is 0. The Bertz CT molecular complexity index is 2900. The van der Waals surface area contributed by atoms with Gasteiger partial charge in [-0.3, -0.25) is 0 Å². The van der Waals surface area contributed by atoms with Crippen molar-refractivity contribution >= 4 is 51.3 Å². The lowest BCUT2D eigenvalue weighted by Crippen LogP contribution is -2.33. The van der Waals surface area contributed by atoms with E-state index in [9.17, 15) is 0 Å². The minimum absolute atomic E-state index is 0.00404. The summed E-state index contributed by atoms with van der Waals surface area (Å²) in [5, 5.41) is 7.01. The molecule has 1 saturated carbocycles. The molecule has 4 nitrogen and oxygen atoms in total. The molecule has 1 N–H and O–H groups in total. The van der Waals surface area contributed by atoms with E-state index in [2.05, 4.69) is 212 Å². The molecule has 1 fully saturated rings. The number of fused-ring (bicyclic) bond motifs is 5. The molecule has 0 aliphatic heterocycles. The molecule has 67 heavy (non-hydrogen) atoms. The van der Waals surface area contributed by atoms with Crippen LogP contribution in [0.5, 0.6) is 0 Å². The van der Waals surface area contributed by atoms with Crippen LogP contribution in [0.4, 0.5) is 5.69 Å². The van der Waals surface area contributed by atoms with E-state index >= 15 is 0 Å². The van der Waals surface area contributed by atoms with E-state index in [4.69, 9.17) is 15.4 Å². The van der Waals surface area contributed by atoms with Gasteiger partial charge in [0.15, 0.2) is 7.28 Å². The minimum atomic E-state index is -0.134. The SMILES string of the molecule is C=CC1=C(/C=C/NC/C=C/N(C(/C=C2\C(=C)C(C)(C)CCC2C)=C\[B]c2coc3cc4c(cc23)C(C)(C)CCC4(C)C)c2ccc(C(C)(C)C)c3oc4ccccc4c23)C(C)(C)CCC1(C)C. The highest BCUT2D eigenvalue weighted by molar-refractivity contribution is 6.62. The maximum atomic E-state index is 6.85. The van der Waals surface area contributed by atoms with Crippen LogP contribution in [0, 0.1) is 22.2 Å². The molecule has 0 spiro atoms. The summed E-state index contributed by atoms with van der Waals surface area (Å²) in [6.07, 6.45) is 22.2. The van der Waals surface area contributed by atoms with Crippen molar-refractivity contribution in [1.82, 2.24) is 5.32 Å². The fourth-order valence-corrected chi connectivity index (χ4v) is 11.2. The summed E-state index contributed by atoms with van der Waals surface area (Å²) in [5.41, 5.74) is 15.4. The van der Waals surface area contributed by atoms with Gasteiger partial charge in [-0.2, -0.15) is 0 Å². The van der Waals surface area contributed by atoms with Crippen LogP contribution < -0.4 is 15.7 Å². The maximum absolute atomic E-state index is 6.85. The second-order valence-electron chi connectivity index (χ2n) is 24.5. The van der Waals surface area contributed by atoms with Gasteiger partial charge in [-0.05, 0) is 165 Å². The number of hydrogen-bond acceptors (Lipinski definition) is 4. The smallest absolute Gasteiger partial charge is 0.189 e. The van der Waals surface area contributed by atoms with Crippen LogP contribution in [-0.2, 0) is 16.2 Å². The first kappa shape index (κ1) is 48.3. The Morgan fingerprint density at radius 1 is 0.806 bits per heavy atom. The second-order valence-corrected chi connectivity index (χ2v) is 24.5. The van der Waals surface area contributed by atoms with E-state index in [0.29, 0.717) is 12.5 Å². The molecule has 1 radical (unpaired) electrons. The number of anilines is 1. The number of para-hydroxylation sites is 1. The van der Waals surface area contributed by atoms with E-state index in [1.54, 1.807) is 0 Å². The molecule has 1 unspecified atom stereocenters. The van der Waals surface area contributed by atoms with E-state index in [1.165, 1.54) is 39.0 Å². The average molecular weight is 894 g/mol. The van der Waals surface area contributed by atoms with Gasteiger partial charge in [-0.1, -0.05) is 146 Å². The Morgan fingerprint density at radius 3 is 2.15 bits per heavy atom. The predicted octanol–water partition coefficient (Wildman–Crippen LogP) is 16.5. The van der Waals surface area contributed by atoms with Crippen LogP contribution in [-0.4, -0.2) is 13.8 Å². The van der Waals surface area contributed by atoms with Gasteiger partial charge >= 0.3 is 0 Å². The molecule has 1 atom stereocenters. The van der Waals surface area contributed by atoms with Crippen molar-refractivity contribution in [1.29, 1.82) is 0 Å². The first-order valence-corrected chi connectivity index (χ1v) is 25.1. The third-order valence-corrected chi connectivity index (χ3v) is 16.2. The Hall–Kier alpha value is -5.16. The molecule has 0 saturated heterocycles. The van der Waals surface area contributed by atoms with Crippen LogP contribution in [0.1, 0.15) is 152 Å². The number of nitrogens with zero attached hydrogens (tertiary/aromatic N) is 1. The lowest BCUT2D eigenvalue weighted by Gasteiger charge is -2.42. The lowest BCUT2D eigenvalue weighted by atomic mass is 9.62. The lowest BCUT2D eigenvalue weighted by molar-refractivity contribution is 0.273. The number of nitrogens with one attached hydrogen (secondary N) is 1. The van der Waals surface area contributed by atoms with Crippen LogP contribution in [0.25, 0.3) is 32.9 Å². The number of furan rings is 2. The van der Waals surface area contributed by atoms with Crippen LogP contribution in [0.3, 0.4) is 0 Å². The molecule has 351 valence electrons. The monoisotopic (exact) mass is 894 g/mol. The quantitative estimate of drug-likeness (QED) is 0.106. The summed E-state index contributed by atoms with van der Waals surface area (Å²) in [4.78, 5) is 2.38. The number of rotatable bonds is 11. The highest BCUT2D eigenvalue weighted by atomic mass is 16.3. The third kappa shape index (κ3) is 9.14. The highest BCUT2D eigenvalue weighted by Gasteiger charge is 2.39. The van der Waals surface area contributed by atoms with Gasteiger partial charge in [0, 0.05) is 34.8 Å². The standard InChI is InChI=1S/C62H78BN2O2/c1-17-46-47(60(11,12)29-28-59(46,9)10)26-33-64-32-20-34-65(52-24-23-48(57(4,5)6)56-55(52)43-21-18-19-22-53(43)67-56)42(35-44-40(2)25-27-58(7,8)41(44)3)38-63-51-39-66-54-37-50-49(36-45(51)54)61(13,14)30-31-62(50,15)16/h17-24,26,33-40,64H,1,3,25,27-32H2,2,4-16H3/b33-26+,34-20+,42-38-,44-35-. The van der Waals surface area contributed by atoms with Crippen LogP contribution in [0.2, 0.25) is 0 Å². The zero-order valence-electron chi connectivity index (χ0n) is 43.5. The molecule has 0 bridgehead atoms. The summed E-state index contributed by atoms with van der Waals surface area (Å²) in [6, 6.07) is 17.8. The van der Waals surface area contributed by atoms with Crippen molar-refractivity contribution in [3.8, 4) is 0 Å². The minimum Gasteiger partial charge on any atom is -0.465 e. The largest absolute Gasteiger partial charge is 0.465 e. The van der Waals surface area contributed by atoms with Gasteiger partial charge in [-0.15, -0.1) is 0 Å². The van der Waals surface area contributed by atoms with E-state index in [-0.39, 0.29) is 32.5 Å². The van der Waals surface area contributed by atoms with Crippen LogP contribution >= 0.6 is 0 Å². The molecule has 0 amide bonds. The molecular formula is C62H78BN2O2. The normalized spacial score (nSPS) is 22.1. The first-order valence-electron chi connectivity index (χ1n) is 25.1. The first-order chi connectivity index (χ1) is 31.4. The Kier molecular flexibility index (Phi) is 12.6. The Morgan fingerprint density at radius 2 is 1.46 bits per heavy atom. The van der Waals surface area contributed by atoms with Crippen LogP contribution in [0.15, 0.2) is 147 Å². The molecular weight excluding hydrogens is 816 g/mol. The fourth-order valence-electron chi connectivity index (χ4n) is 11.2.